The van der Waals surface area contributed by atoms with Gasteiger partial charge in [0.05, 0.1) is 54.0 Å². The molecule has 5 amide bonds. The van der Waals surface area contributed by atoms with E-state index in [4.69, 9.17) is 14.2 Å². The van der Waals surface area contributed by atoms with Crippen LogP contribution in [0.4, 0.5) is 4.79 Å². The highest BCUT2D eigenvalue weighted by Crippen LogP contribution is 2.42. The molecule has 12 atom stereocenters. The molecule has 3 N–H and O–H groups in total. The van der Waals surface area contributed by atoms with E-state index in [1.165, 1.54) is 12.0 Å². The van der Waals surface area contributed by atoms with Crippen molar-refractivity contribution in [3.8, 4) is 0 Å². The molecular weight excluding hydrogens is 893 g/mol. The Labute approximate surface area is 407 Å². The Bertz CT molecular complexity index is 1880. The second-order valence-electron chi connectivity index (χ2n) is 19.0. The Kier molecular flexibility index (Phi) is 22.2. The number of hydrogen-bond donors (Lipinski definition) is 3. The summed E-state index contributed by atoms with van der Waals surface area (Å²) < 4.78 is 18.1. The van der Waals surface area contributed by atoms with Crippen molar-refractivity contribution >= 4 is 51.3 Å². The van der Waals surface area contributed by atoms with Gasteiger partial charge in [-0.25, -0.2) is 9.78 Å². The van der Waals surface area contributed by atoms with Crippen LogP contribution in [-0.4, -0.2) is 143 Å². The molecule has 2 heterocycles. The second-order valence-corrected chi connectivity index (χ2v) is 21.5. The number of carbonyl (C=O) groups excluding carboxylic acids is 5. The molecule has 0 spiro atoms. The number of aliphatic hydroxyl groups is 1. The van der Waals surface area contributed by atoms with Crippen LogP contribution in [-0.2, 0) is 33.4 Å². The number of nitrogens with one attached hydrogen (secondary N) is 2. The summed E-state index contributed by atoms with van der Waals surface area (Å²) >= 11 is 0. The molecule has 1 aliphatic heterocycles. The Morgan fingerprint density at radius 2 is 1.54 bits per heavy atom. The number of methoxy groups -OCH3 is 2. The summed E-state index contributed by atoms with van der Waals surface area (Å²) in [7, 11) is 9.55. The highest BCUT2D eigenvalue weighted by molar-refractivity contribution is 8.76. The van der Waals surface area contributed by atoms with E-state index in [0.717, 1.165) is 30.7 Å². The number of likely N-dealkylation sites (N-methyl/N-ethyl adjacent to an activating group) is 2. The number of aliphatic hydroxyl groups excluding tert-OH is 1. The quantitative estimate of drug-likeness (QED) is 0.0908. The lowest BCUT2D eigenvalue weighted by Crippen LogP contribution is -2.60. The molecule has 1 aromatic heterocycles. The maximum atomic E-state index is 14.7. The first-order valence-corrected chi connectivity index (χ1v) is 26.2. The van der Waals surface area contributed by atoms with Gasteiger partial charge in [-0.2, -0.15) is 0 Å². The fourth-order valence-corrected chi connectivity index (χ4v) is 12.2. The van der Waals surface area contributed by atoms with E-state index in [1.807, 2.05) is 90.1 Å². The van der Waals surface area contributed by atoms with Gasteiger partial charge < -0.3 is 39.8 Å². The van der Waals surface area contributed by atoms with Crippen LogP contribution in [0, 0.1) is 23.7 Å². The maximum absolute atomic E-state index is 14.7. The number of rotatable bonds is 24. The summed E-state index contributed by atoms with van der Waals surface area (Å²) in [5.41, 5.74) is 0.695. The lowest BCUT2D eigenvalue weighted by atomic mass is 9.89. The topological polar surface area (TPSA) is 180 Å². The molecule has 0 bridgehead atoms. The number of benzene rings is 1. The van der Waals surface area contributed by atoms with Crippen molar-refractivity contribution in [1.29, 1.82) is 0 Å². The third kappa shape index (κ3) is 14.8. The zero-order chi connectivity index (χ0) is 49.5. The van der Waals surface area contributed by atoms with Crippen molar-refractivity contribution < 1.29 is 43.3 Å². The molecule has 374 valence electrons. The van der Waals surface area contributed by atoms with Crippen molar-refractivity contribution in [2.45, 2.75) is 165 Å². The van der Waals surface area contributed by atoms with E-state index in [1.54, 1.807) is 72.6 Å². The van der Waals surface area contributed by atoms with Crippen LogP contribution >= 0.6 is 21.6 Å². The standard InChI is InChI=1S/C50H78N6O9S2/c1-13-32(6)44(38(63-11)29-41(57)56-28-20-23-36(56)46(64-12)33(7)47(59)52-34(8)45(58)35-21-15-14-16-22-35)54(9)49(61)42(30(2)3)53-48(60)43(31(4)5)55(10)50(62)65-37-24-19-25-39(37)66-67-40-26-17-18-27-51-40/h14-18,21-22,26-27,30-34,36-39,42-46,58H,13,19-20,23-25,28-29H2,1-12H3,(H,52,59)(H,53,60)/t32-,33+,34+,36-,37-,38+,39-,42?,43-,44-,45+,46+/m0/s1. The molecule has 1 saturated carbocycles. The summed E-state index contributed by atoms with van der Waals surface area (Å²) in [6, 6.07) is 11.5. The molecule has 1 aliphatic carbocycles. The fourth-order valence-electron chi connectivity index (χ4n) is 9.55. The smallest absolute Gasteiger partial charge is 0.410 e. The lowest BCUT2D eigenvalue weighted by molar-refractivity contribution is -0.148. The van der Waals surface area contributed by atoms with E-state index in [0.29, 0.717) is 24.9 Å². The van der Waals surface area contributed by atoms with E-state index >= 15 is 0 Å². The number of amides is 5. The number of ether oxygens (including phenoxy) is 3. The normalized spacial score (nSPS) is 21.4. The predicted octanol–water partition coefficient (Wildman–Crippen LogP) is 7.14. The minimum atomic E-state index is -0.947. The van der Waals surface area contributed by atoms with Crippen molar-refractivity contribution in [1.82, 2.24) is 30.3 Å². The summed E-state index contributed by atoms with van der Waals surface area (Å²) in [5, 5.41) is 17.8. The highest BCUT2D eigenvalue weighted by atomic mass is 33.1. The first kappa shape index (κ1) is 55.7. The number of likely N-dealkylation sites (tertiary alicyclic amines) is 1. The number of carbonyl (C=O) groups is 5. The van der Waals surface area contributed by atoms with Gasteiger partial charge in [-0.1, -0.05) is 102 Å². The monoisotopic (exact) mass is 971 g/mol. The molecule has 2 aromatic rings. The number of hydrogen-bond acceptors (Lipinski definition) is 12. The second kappa shape index (κ2) is 26.7. The molecule has 2 fully saturated rings. The average Bonchev–Trinajstić information content (AvgIpc) is 3.99. The van der Waals surface area contributed by atoms with E-state index < -0.39 is 60.4 Å². The Balaban J connectivity index is 1.43. The number of nitrogens with zero attached hydrogens (tertiary/aromatic N) is 4. The van der Waals surface area contributed by atoms with Crippen LogP contribution < -0.4 is 10.6 Å². The van der Waals surface area contributed by atoms with E-state index in [9.17, 15) is 29.1 Å². The van der Waals surface area contributed by atoms with Gasteiger partial charge in [-0.15, -0.1) is 0 Å². The van der Waals surface area contributed by atoms with Crippen LogP contribution in [0.1, 0.15) is 112 Å². The zero-order valence-corrected chi connectivity index (χ0v) is 43.4. The Morgan fingerprint density at radius 1 is 0.851 bits per heavy atom. The molecule has 15 nitrogen and oxygen atoms in total. The minimum Gasteiger partial charge on any atom is -0.445 e. The van der Waals surface area contributed by atoms with Crippen molar-refractivity contribution in [3.05, 3.63) is 60.3 Å². The van der Waals surface area contributed by atoms with Crippen LogP contribution in [0.2, 0.25) is 0 Å². The zero-order valence-electron chi connectivity index (χ0n) is 41.8. The molecule has 1 aromatic carbocycles. The summed E-state index contributed by atoms with van der Waals surface area (Å²) in [4.78, 5) is 79.7. The summed E-state index contributed by atoms with van der Waals surface area (Å²) in [6.07, 6.45) is 3.20. The largest absolute Gasteiger partial charge is 0.445 e. The lowest BCUT2D eigenvalue weighted by Gasteiger charge is -2.41. The molecule has 67 heavy (non-hydrogen) atoms. The van der Waals surface area contributed by atoms with Gasteiger partial charge in [0, 0.05) is 41.1 Å². The molecule has 17 heteroatoms. The van der Waals surface area contributed by atoms with Crippen LogP contribution in [0.25, 0.3) is 0 Å². The Hall–Kier alpha value is -3.90. The Morgan fingerprint density at radius 3 is 2.13 bits per heavy atom. The fraction of sp³-hybridized carbons (Fsp3) is 0.680. The van der Waals surface area contributed by atoms with Gasteiger partial charge in [0.1, 0.15) is 23.2 Å². The number of aromatic nitrogens is 1. The van der Waals surface area contributed by atoms with Crippen LogP contribution in [0.5, 0.6) is 0 Å². The van der Waals surface area contributed by atoms with Crippen molar-refractivity contribution in [3.63, 3.8) is 0 Å². The van der Waals surface area contributed by atoms with E-state index in [2.05, 4.69) is 15.6 Å². The van der Waals surface area contributed by atoms with Gasteiger partial charge in [-0.3, -0.25) is 24.1 Å². The SMILES string of the molecule is CC[C@H](C)[C@@H]([C@@H](CC(=O)N1CCC[C@H]1[C@H](OC)[C@@H](C)C(=O)N[C@H](C)[C@@H](O)c1ccccc1)OC)N(C)C(=O)C(NC(=O)[C@H](C(C)C)N(C)C(=O)O[C@H]1CCC[C@@H]1SSc1ccccn1)C(C)C. The molecule has 0 radical (unpaired) electrons. The van der Waals surface area contributed by atoms with E-state index in [-0.39, 0.29) is 59.3 Å². The third-order valence-electron chi connectivity index (χ3n) is 13.6. The first-order chi connectivity index (χ1) is 31.9. The van der Waals surface area contributed by atoms with Gasteiger partial charge in [-0.05, 0) is 85.3 Å². The minimum absolute atomic E-state index is 0.0276. The number of pyridine rings is 1. The van der Waals surface area contributed by atoms with Crippen molar-refractivity contribution in [2.24, 2.45) is 23.7 Å². The van der Waals surface area contributed by atoms with Crippen molar-refractivity contribution in [2.75, 3.05) is 34.9 Å². The van der Waals surface area contributed by atoms with Crippen LogP contribution in [0.15, 0.2) is 59.8 Å². The average molecular weight is 971 g/mol. The summed E-state index contributed by atoms with van der Waals surface area (Å²) in [5.74, 6) is -2.63. The van der Waals surface area contributed by atoms with Gasteiger partial charge in [0.15, 0.2) is 0 Å². The molecule has 2 aliphatic rings. The molecule has 4 rings (SSSR count). The maximum Gasteiger partial charge on any atom is 0.410 e. The highest BCUT2D eigenvalue weighted by Gasteiger charge is 2.44. The summed E-state index contributed by atoms with van der Waals surface area (Å²) in [6.45, 7) is 15.5. The molecule has 1 saturated heterocycles. The first-order valence-electron chi connectivity index (χ1n) is 24.0. The van der Waals surface area contributed by atoms with Gasteiger partial charge >= 0.3 is 6.09 Å². The molecule has 1 unspecified atom stereocenters. The van der Waals surface area contributed by atoms with Gasteiger partial charge in [0.25, 0.3) is 0 Å². The van der Waals surface area contributed by atoms with Gasteiger partial charge in [0.2, 0.25) is 23.6 Å². The third-order valence-corrected chi connectivity index (χ3v) is 16.5. The predicted molar refractivity (Wildman–Crippen MR) is 264 cm³/mol. The van der Waals surface area contributed by atoms with Crippen LogP contribution in [0.3, 0.4) is 0 Å². The molecular formula is C50H78N6O9S2.